The van der Waals surface area contributed by atoms with E-state index in [2.05, 4.69) is 214 Å². The van der Waals surface area contributed by atoms with Crippen molar-refractivity contribution in [2.45, 2.75) is 24.4 Å². The second-order valence-electron chi connectivity index (χ2n) is 16.2. The summed E-state index contributed by atoms with van der Waals surface area (Å²) in [6, 6.07) is 71.3. The molecule has 278 valence electrons. The van der Waals surface area contributed by atoms with E-state index < -0.39 is 0 Å². The quantitative estimate of drug-likeness (QED) is 0.172. The zero-order valence-corrected chi connectivity index (χ0v) is 32.3. The molecular weight excluding hydrogens is 717 g/mol. The third-order valence-electron chi connectivity index (χ3n) is 13.1. The van der Waals surface area contributed by atoms with Gasteiger partial charge in [0, 0.05) is 61.3 Å². The number of anilines is 2. The molecule has 59 heavy (non-hydrogen) atoms. The predicted molar refractivity (Wildman–Crippen MR) is 244 cm³/mol. The van der Waals surface area contributed by atoms with Crippen LogP contribution < -0.4 is 4.90 Å². The number of allylic oxidation sites excluding steroid dienone is 1. The highest BCUT2D eigenvalue weighted by Crippen LogP contribution is 2.52. The van der Waals surface area contributed by atoms with Gasteiger partial charge in [-0.3, -0.25) is 4.99 Å². The van der Waals surface area contributed by atoms with E-state index >= 15 is 0 Å². The molecule has 3 atom stereocenters. The Balaban J connectivity index is 0.948. The summed E-state index contributed by atoms with van der Waals surface area (Å²) in [5.74, 6) is 0.268. The van der Waals surface area contributed by atoms with E-state index in [9.17, 15) is 0 Å². The number of fused-ring (bicyclic) bond motifs is 12. The molecule has 0 N–H and O–H groups in total. The molecule has 3 aliphatic rings. The zero-order valence-electron chi connectivity index (χ0n) is 32.3. The summed E-state index contributed by atoms with van der Waals surface area (Å²) in [4.78, 5) is 8.19. The molecule has 0 spiro atoms. The molecule has 1 aliphatic carbocycles. The fourth-order valence-electron chi connectivity index (χ4n) is 10.6. The van der Waals surface area contributed by atoms with Crippen LogP contribution in [-0.4, -0.2) is 20.9 Å². The highest BCUT2D eigenvalue weighted by atomic mass is 15.2. The second-order valence-corrected chi connectivity index (χ2v) is 16.2. The van der Waals surface area contributed by atoms with Crippen LogP contribution in [0.4, 0.5) is 11.4 Å². The summed E-state index contributed by atoms with van der Waals surface area (Å²) in [6.45, 7) is 0. The van der Waals surface area contributed by atoms with Crippen molar-refractivity contribution >= 4 is 60.7 Å². The van der Waals surface area contributed by atoms with Crippen LogP contribution in [0.5, 0.6) is 0 Å². The molecule has 2 aromatic heterocycles. The number of nitrogens with zero attached hydrogens (tertiary/aromatic N) is 4. The van der Waals surface area contributed by atoms with E-state index in [1.165, 1.54) is 94.2 Å². The number of para-hydroxylation sites is 4. The molecule has 0 amide bonds. The molecule has 0 saturated heterocycles. The highest BCUT2D eigenvalue weighted by molar-refractivity contribution is 6.20. The monoisotopic (exact) mass is 754 g/mol. The SMILES string of the molecule is C1=C2C(=NC3c4ccccc4N(c4ccc(-n5c6ccccc6c6cc7c(cc65)c5ccccc5n7-c5ccccc5)cc4)C13)c1ccccc1C2Cc1ccccc1. The Morgan fingerprint density at radius 3 is 1.68 bits per heavy atom. The first-order valence-electron chi connectivity index (χ1n) is 20.7. The topological polar surface area (TPSA) is 25.5 Å². The average Bonchev–Trinajstić information content (AvgIpc) is 4.00. The lowest BCUT2D eigenvalue weighted by molar-refractivity contribution is 0.652. The number of hydrogen-bond donors (Lipinski definition) is 0. The fraction of sp³-hybridized carbons (Fsp3) is 0.0727. The lowest BCUT2D eigenvalue weighted by Crippen LogP contribution is -2.31. The largest absolute Gasteiger partial charge is 0.332 e. The van der Waals surface area contributed by atoms with Crippen molar-refractivity contribution in [3.05, 3.63) is 228 Å². The molecule has 8 aromatic carbocycles. The van der Waals surface area contributed by atoms with Gasteiger partial charge in [-0.1, -0.05) is 133 Å². The summed E-state index contributed by atoms with van der Waals surface area (Å²) >= 11 is 0. The molecule has 2 aliphatic heterocycles. The van der Waals surface area contributed by atoms with Gasteiger partial charge < -0.3 is 14.0 Å². The standard InChI is InChI=1S/C55H38N4/c1-3-15-35(16-4-1)31-44-39-19-7-8-22-42(39)54-47(44)34-53-55(56-54)43-23-11-14-26-50(43)59(53)38-29-27-37(28-30-38)58-49-25-13-10-21-41(49)46-32-51-45(33-52(46)58)40-20-9-12-24-48(40)57(51)36-17-5-2-6-18-36/h1-30,32-34,44,53,55H,31H2. The summed E-state index contributed by atoms with van der Waals surface area (Å²) < 4.78 is 4.86. The highest BCUT2D eigenvalue weighted by Gasteiger charge is 2.44. The third kappa shape index (κ3) is 4.74. The summed E-state index contributed by atoms with van der Waals surface area (Å²) in [6.07, 6.45) is 3.51. The third-order valence-corrected chi connectivity index (χ3v) is 13.1. The number of rotatable bonds is 5. The first-order chi connectivity index (χ1) is 29.3. The Labute approximate surface area is 342 Å². The smallest absolute Gasteiger partial charge is 0.102 e. The van der Waals surface area contributed by atoms with E-state index in [1.807, 2.05) is 0 Å². The maximum absolute atomic E-state index is 5.65. The van der Waals surface area contributed by atoms with Gasteiger partial charge in [0.1, 0.15) is 6.04 Å². The van der Waals surface area contributed by atoms with Crippen LogP contribution in [0.1, 0.15) is 34.2 Å². The first-order valence-corrected chi connectivity index (χ1v) is 20.7. The molecule has 3 unspecified atom stereocenters. The average molecular weight is 755 g/mol. The van der Waals surface area contributed by atoms with Crippen molar-refractivity contribution in [1.29, 1.82) is 0 Å². The van der Waals surface area contributed by atoms with E-state index in [1.54, 1.807) is 0 Å². The van der Waals surface area contributed by atoms with Crippen LogP contribution >= 0.6 is 0 Å². The van der Waals surface area contributed by atoms with Crippen molar-refractivity contribution in [2.75, 3.05) is 4.90 Å². The Bertz CT molecular complexity index is 3370. The van der Waals surface area contributed by atoms with E-state index in [4.69, 9.17) is 4.99 Å². The van der Waals surface area contributed by atoms with Crippen molar-refractivity contribution in [2.24, 2.45) is 4.99 Å². The molecule has 4 nitrogen and oxygen atoms in total. The van der Waals surface area contributed by atoms with Crippen LogP contribution in [0, 0.1) is 0 Å². The predicted octanol–water partition coefficient (Wildman–Crippen LogP) is 13.2. The first kappa shape index (κ1) is 32.6. The minimum absolute atomic E-state index is 0.0194. The minimum atomic E-state index is 0.0194. The van der Waals surface area contributed by atoms with Gasteiger partial charge in [-0.05, 0) is 89.9 Å². The van der Waals surface area contributed by atoms with Gasteiger partial charge in [0.15, 0.2) is 0 Å². The van der Waals surface area contributed by atoms with Crippen LogP contribution in [0.15, 0.2) is 211 Å². The number of aromatic nitrogens is 2. The summed E-state index contributed by atoms with van der Waals surface area (Å²) in [7, 11) is 0. The van der Waals surface area contributed by atoms with E-state index in [0.717, 1.165) is 12.1 Å². The minimum Gasteiger partial charge on any atom is -0.332 e. The van der Waals surface area contributed by atoms with Gasteiger partial charge in [-0.15, -0.1) is 0 Å². The Kier molecular flexibility index (Phi) is 6.93. The van der Waals surface area contributed by atoms with Crippen LogP contribution in [0.3, 0.4) is 0 Å². The van der Waals surface area contributed by atoms with Gasteiger partial charge >= 0.3 is 0 Å². The van der Waals surface area contributed by atoms with Crippen molar-refractivity contribution in [1.82, 2.24) is 9.13 Å². The number of benzene rings is 8. The molecule has 4 heteroatoms. The number of dihydropyridines is 1. The van der Waals surface area contributed by atoms with Crippen LogP contribution in [0.2, 0.25) is 0 Å². The van der Waals surface area contributed by atoms with Crippen molar-refractivity contribution < 1.29 is 0 Å². The van der Waals surface area contributed by atoms with Gasteiger partial charge in [0.2, 0.25) is 0 Å². The van der Waals surface area contributed by atoms with Gasteiger partial charge in [0.25, 0.3) is 0 Å². The molecule has 13 rings (SSSR count). The van der Waals surface area contributed by atoms with E-state index in [0.29, 0.717) is 0 Å². The van der Waals surface area contributed by atoms with Gasteiger partial charge in [-0.25, -0.2) is 0 Å². The Hall–Kier alpha value is -7.43. The fourth-order valence-corrected chi connectivity index (χ4v) is 10.6. The molecule has 0 bridgehead atoms. The zero-order chi connectivity index (χ0) is 38.6. The molecule has 4 heterocycles. The maximum atomic E-state index is 5.65. The van der Waals surface area contributed by atoms with Crippen molar-refractivity contribution in [3.8, 4) is 11.4 Å². The Morgan fingerprint density at radius 2 is 0.983 bits per heavy atom. The molecule has 0 radical (unpaired) electrons. The number of aliphatic imine (C=N–C) groups is 1. The van der Waals surface area contributed by atoms with Gasteiger partial charge in [-0.2, -0.15) is 0 Å². The summed E-state index contributed by atoms with van der Waals surface area (Å²) in [5, 5.41) is 5.01. The normalized spacial score (nSPS) is 17.9. The van der Waals surface area contributed by atoms with E-state index in [-0.39, 0.29) is 18.0 Å². The maximum Gasteiger partial charge on any atom is 0.102 e. The molecule has 10 aromatic rings. The second kappa shape index (κ2) is 12.5. The van der Waals surface area contributed by atoms with Crippen LogP contribution in [-0.2, 0) is 6.42 Å². The van der Waals surface area contributed by atoms with Crippen molar-refractivity contribution in [3.63, 3.8) is 0 Å². The lowest BCUT2D eigenvalue weighted by atomic mass is 9.87. The molecular formula is C55H38N4. The Morgan fingerprint density at radius 1 is 0.441 bits per heavy atom. The lowest BCUT2D eigenvalue weighted by Gasteiger charge is -2.31. The molecule has 0 saturated carbocycles. The van der Waals surface area contributed by atoms with Crippen LogP contribution in [0.25, 0.3) is 55.0 Å². The van der Waals surface area contributed by atoms with Gasteiger partial charge in [0.05, 0.1) is 33.8 Å². The number of hydrogen-bond acceptors (Lipinski definition) is 2. The molecule has 0 fully saturated rings. The summed E-state index contributed by atoms with van der Waals surface area (Å²) in [5.41, 5.74) is 17.4.